The second kappa shape index (κ2) is 2.44. The summed E-state index contributed by atoms with van der Waals surface area (Å²) in [5.41, 5.74) is 0.353. The van der Waals surface area contributed by atoms with E-state index in [1.165, 1.54) is 10.6 Å². The van der Waals surface area contributed by atoms with Crippen molar-refractivity contribution in [1.29, 1.82) is 0 Å². The SMILES string of the molecule is O=[N+]([O-])c1c(O)nc2ccccn12. The molecule has 0 bridgehead atoms. The zero-order chi connectivity index (χ0) is 9.42. The molecule has 0 aliphatic rings. The number of aromatic nitrogens is 2. The maximum absolute atomic E-state index is 10.5. The molecule has 0 saturated carbocycles. The molecule has 0 unspecified atom stereocenters. The van der Waals surface area contributed by atoms with Gasteiger partial charge in [0.2, 0.25) is 5.65 Å². The number of nitrogens with zero attached hydrogens (tertiary/aromatic N) is 3. The normalized spacial score (nSPS) is 10.5. The minimum Gasteiger partial charge on any atom is -0.487 e. The largest absolute Gasteiger partial charge is 0.487 e. The van der Waals surface area contributed by atoms with Crippen LogP contribution in [0.4, 0.5) is 5.82 Å². The molecule has 0 aromatic carbocycles. The fraction of sp³-hybridized carbons (Fsp3) is 0. The van der Waals surface area contributed by atoms with E-state index in [2.05, 4.69) is 4.98 Å². The maximum atomic E-state index is 10.5. The van der Waals surface area contributed by atoms with Gasteiger partial charge in [-0.05, 0) is 11.0 Å². The molecule has 0 aliphatic carbocycles. The molecule has 0 atom stereocenters. The number of hydrogen-bond acceptors (Lipinski definition) is 4. The van der Waals surface area contributed by atoms with E-state index in [1.54, 1.807) is 18.2 Å². The average Bonchev–Trinajstić information content (AvgIpc) is 2.39. The van der Waals surface area contributed by atoms with Crippen LogP contribution in [-0.4, -0.2) is 19.4 Å². The van der Waals surface area contributed by atoms with Gasteiger partial charge in [-0.1, -0.05) is 6.07 Å². The number of nitro groups is 1. The molecule has 1 N–H and O–H groups in total. The number of pyridine rings is 1. The van der Waals surface area contributed by atoms with Crippen LogP contribution in [0.25, 0.3) is 5.65 Å². The second-order valence-corrected chi connectivity index (χ2v) is 2.44. The molecule has 2 aromatic heterocycles. The van der Waals surface area contributed by atoms with Crippen molar-refractivity contribution in [3.05, 3.63) is 34.5 Å². The van der Waals surface area contributed by atoms with E-state index < -0.39 is 16.6 Å². The standard InChI is InChI=1S/C7H5N3O3/c11-6-7(10(12)13)9-4-2-1-3-5(9)8-6/h1-4,11H. The Morgan fingerprint density at radius 2 is 2.31 bits per heavy atom. The molecule has 6 nitrogen and oxygen atoms in total. The Balaban J connectivity index is 2.86. The third-order valence-corrected chi connectivity index (χ3v) is 1.66. The molecule has 0 saturated heterocycles. The highest BCUT2D eigenvalue weighted by molar-refractivity contribution is 5.51. The maximum Gasteiger partial charge on any atom is 0.392 e. The van der Waals surface area contributed by atoms with Crippen LogP contribution >= 0.6 is 0 Å². The van der Waals surface area contributed by atoms with Gasteiger partial charge in [-0.3, -0.25) is 0 Å². The summed E-state index contributed by atoms with van der Waals surface area (Å²) in [5.74, 6) is -0.966. The molecule has 2 rings (SSSR count). The number of hydrogen-bond donors (Lipinski definition) is 1. The Bertz CT molecular complexity index is 477. The predicted octanol–water partition coefficient (Wildman–Crippen LogP) is 0.948. The third-order valence-electron chi connectivity index (χ3n) is 1.66. The molecule has 2 heterocycles. The molecular weight excluding hydrogens is 174 g/mol. The van der Waals surface area contributed by atoms with Crippen LogP contribution < -0.4 is 0 Å². The van der Waals surface area contributed by atoms with Gasteiger partial charge in [-0.15, -0.1) is 0 Å². The van der Waals surface area contributed by atoms with Gasteiger partial charge < -0.3 is 15.2 Å². The van der Waals surface area contributed by atoms with Crippen LogP contribution in [0.3, 0.4) is 0 Å². The predicted molar refractivity (Wildman–Crippen MR) is 43.5 cm³/mol. The lowest BCUT2D eigenvalue weighted by atomic mass is 10.5. The summed E-state index contributed by atoms with van der Waals surface area (Å²) in [6.07, 6.45) is 1.47. The fourth-order valence-electron chi connectivity index (χ4n) is 1.14. The Morgan fingerprint density at radius 3 is 3.00 bits per heavy atom. The summed E-state index contributed by atoms with van der Waals surface area (Å²) in [6, 6.07) is 4.89. The van der Waals surface area contributed by atoms with Crippen LogP contribution in [0.15, 0.2) is 24.4 Å². The van der Waals surface area contributed by atoms with Crippen LogP contribution in [0, 0.1) is 10.1 Å². The van der Waals surface area contributed by atoms with Crippen molar-refractivity contribution in [1.82, 2.24) is 9.38 Å². The molecule has 0 spiro atoms. The van der Waals surface area contributed by atoms with Crippen LogP contribution in [0.5, 0.6) is 5.88 Å². The van der Waals surface area contributed by atoms with Gasteiger partial charge in [0, 0.05) is 6.07 Å². The van der Waals surface area contributed by atoms with Crippen molar-refractivity contribution in [2.75, 3.05) is 0 Å². The van der Waals surface area contributed by atoms with Gasteiger partial charge in [-0.25, -0.2) is 0 Å². The molecular formula is C7H5N3O3. The van der Waals surface area contributed by atoms with Crippen molar-refractivity contribution < 1.29 is 10.0 Å². The monoisotopic (exact) mass is 179 g/mol. The van der Waals surface area contributed by atoms with E-state index in [1.807, 2.05) is 0 Å². The summed E-state index contributed by atoms with van der Waals surface area (Å²) in [5, 5.41) is 19.6. The first-order chi connectivity index (χ1) is 6.20. The van der Waals surface area contributed by atoms with Crippen LogP contribution in [-0.2, 0) is 0 Å². The van der Waals surface area contributed by atoms with Crippen molar-refractivity contribution in [2.45, 2.75) is 0 Å². The minimum atomic E-state index is -0.671. The third kappa shape index (κ3) is 0.994. The van der Waals surface area contributed by atoms with E-state index in [9.17, 15) is 10.1 Å². The molecule has 2 aromatic rings. The number of rotatable bonds is 1. The minimum absolute atomic E-state index is 0.353. The lowest BCUT2D eigenvalue weighted by Gasteiger charge is -1.91. The molecule has 0 amide bonds. The molecule has 66 valence electrons. The second-order valence-electron chi connectivity index (χ2n) is 2.44. The molecule has 0 fully saturated rings. The highest BCUT2D eigenvalue weighted by atomic mass is 16.6. The van der Waals surface area contributed by atoms with Crippen molar-refractivity contribution in [3.8, 4) is 5.88 Å². The molecule has 0 radical (unpaired) electrons. The Labute approximate surface area is 72.2 Å². The van der Waals surface area contributed by atoms with E-state index >= 15 is 0 Å². The first-order valence-electron chi connectivity index (χ1n) is 3.50. The van der Waals surface area contributed by atoms with Crippen LogP contribution in [0.1, 0.15) is 0 Å². The van der Waals surface area contributed by atoms with Gasteiger partial charge >= 0.3 is 11.7 Å². The first kappa shape index (κ1) is 7.53. The smallest absolute Gasteiger partial charge is 0.392 e. The van der Waals surface area contributed by atoms with E-state index in [0.29, 0.717) is 5.65 Å². The molecule has 6 heteroatoms. The Morgan fingerprint density at radius 1 is 1.54 bits per heavy atom. The summed E-state index contributed by atoms with van der Waals surface area (Å²) in [6.45, 7) is 0. The van der Waals surface area contributed by atoms with Gasteiger partial charge in [0.25, 0.3) is 0 Å². The lowest BCUT2D eigenvalue weighted by molar-refractivity contribution is -0.391. The van der Waals surface area contributed by atoms with E-state index in [-0.39, 0.29) is 0 Å². The van der Waals surface area contributed by atoms with Crippen molar-refractivity contribution in [3.63, 3.8) is 0 Å². The average molecular weight is 179 g/mol. The number of fused-ring (bicyclic) bond motifs is 1. The Hall–Kier alpha value is -2.11. The summed E-state index contributed by atoms with van der Waals surface area (Å²) < 4.78 is 1.22. The van der Waals surface area contributed by atoms with E-state index in [0.717, 1.165) is 0 Å². The summed E-state index contributed by atoms with van der Waals surface area (Å²) in [7, 11) is 0. The number of aromatic hydroxyl groups is 1. The van der Waals surface area contributed by atoms with Gasteiger partial charge in [0.15, 0.2) is 0 Å². The Kier molecular flexibility index (Phi) is 1.42. The van der Waals surface area contributed by atoms with Crippen molar-refractivity contribution in [2.24, 2.45) is 0 Å². The first-order valence-corrected chi connectivity index (χ1v) is 3.50. The quantitative estimate of drug-likeness (QED) is 0.522. The number of imidazole rings is 1. The van der Waals surface area contributed by atoms with Gasteiger partial charge in [-0.2, -0.15) is 9.38 Å². The summed E-state index contributed by atoms with van der Waals surface area (Å²) >= 11 is 0. The van der Waals surface area contributed by atoms with Crippen LogP contribution in [0.2, 0.25) is 0 Å². The van der Waals surface area contributed by atoms with Crippen molar-refractivity contribution >= 4 is 11.5 Å². The lowest BCUT2D eigenvalue weighted by Crippen LogP contribution is -1.93. The van der Waals surface area contributed by atoms with E-state index in [4.69, 9.17) is 5.11 Å². The molecule has 0 aliphatic heterocycles. The highest BCUT2D eigenvalue weighted by Gasteiger charge is 2.20. The van der Waals surface area contributed by atoms with Gasteiger partial charge in [0.05, 0.1) is 6.20 Å². The summed E-state index contributed by atoms with van der Waals surface area (Å²) in [4.78, 5) is 13.4. The zero-order valence-corrected chi connectivity index (χ0v) is 6.41. The zero-order valence-electron chi connectivity index (χ0n) is 6.41. The fourth-order valence-corrected chi connectivity index (χ4v) is 1.14. The molecule has 13 heavy (non-hydrogen) atoms. The van der Waals surface area contributed by atoms with Gasteiger partial charge in [0.1, 0.15) is 0 Å². The topological polar surface area (TPSA) is 80.7 Å². The highest BCUT2D eigenvalue weighted by Crippen LogP contribution is 2.25.